The maximum Gasteiger partial charge on any atom is 0.410 e. The number of nitrogens with one attached hydrogen (secondary N) is 1. The van der Waals surface area contributed by atoms with E-state index in [1.807, 2.05) is 48.4 Å². The number of benzene rings is 1. The van der Waals surface area contributed by atoms with E-state index < -0.39 is 5.60 Å². The Morgan fingerprint density at radius 3 is 2.62 bits per heavy atom. The van der Waals surface area contributed by atoms with Crippen LogP contribution in [0.5, 0.6) is 0 Å². The quantitative estimate of drug-likeness (QED) is 0.858. The molecule has 1 aromatic carbocycles. The molecule has 6 nitrogen and oxygen atoms in total. The number of nitrogens with zero attached hydrogens (tertiary/aromatic N) is 2. The van der Waals surface area contributed by atoms with Crippen molar-refractivity contribution >= 4 is 11.8 Å². The maximum atomic E-state index is 12.7. The Kier molecular flexibility index (Phi) is 5.11. The van der Waals surface area contributed by atoms with Gasteiger partial charge in [0.2, 0.25) is 0 Å². The van der Waals surface area contributed by atoms with E-state index in [-0.39, 0.29) is 23.5 Å². The van der Waals surface area contributed by atoms with Crippen molar-refractivity contribution in [2.24, 2.45) is 5.92 Å². The Balaban J connectivity index is 1.53. The van der Waals surface area contributed by atoms with Crippen LogP contribution >= 0.6 is 0 Å². The summed E-state index contributed by atoms with van der Waals surface area (Å²) >= 11 is 0. The van der Waals surface area contributed by atoms with Crippen molar-refractivity contribution in [2.45, 2.75) is 51.8 Å². The smallest absolute Gasteiger partial charge is 0.410 e. The summed E-state index contributed by atoms with van der Waals surface area (Å²) in [5, 5.41) is 3.37. The largest absolute Gasteiger partial charge is 0.444 e. The molecule has 2 aromatic rings. The van der Waals surface area contributed by atoms with Crippen LogP contribution in [-0.4, -0.2) is 34.3 Å². The molecule has 1 saturated heterocycles. The number of carbonyl (C=O) groups is 1. The summed E-state index contributed by atoms with van der Waals surface area (Å²) in [5.74, 6) is 0.441. The van der Waals surface area contributed by atoms with Gasteiger partial charge in [0.1, 0.15) is 5.60 Å². The number of carbonyl (C=O) groups excluding carboxylic acids is 1. The van der Waals surface area contributed by atoms with Crippen LogP contribution in [0.15, 0.2) is 47.3 Å². The molecule has 2 aliphatic rings. The topological polar surface area (TPSA) is 63.6 Å². The van der Waals surface area contributed by atoms with Crippen molar-refractivity contribution in [3.63, 3.8) is 0 Å². The van der Waals surface area contributed by atoms with Crippen molar-refractivity contribution in [2.75, 3.05) is 18.4 Å². The molecule has 0 unspecified atom stereocenters. The Labute approximate surface area is 171 Å². The summed E-state index contributed by atoms with van der Waals surface area (Å²) in [6.45, 7) is 8.21. The first-order valence-corrected chi connectivity index (χ1v) is 10.3. The van der Waals surface area contributed by atoms with Gasteiger partial charge in [0.25, 0.3) is 5.56 Å². The van der Waals surface area contributed by atoms with Gasteiger partial charge in [-0.1, -0.05) is 30.3 Å². The van der Waals surface area contributed by atoms with Crippen LogP contribution < -0.4 is 10.9 Å². The number of ether oxygens (including phenoxy) is 1. The van der Waals surface area contributed by atoms with Gasteiger partial charge in [-0.25, -0.2) is 4.79 Å². The van der Waals surface area contributed by atoms with E-state index in [2.05, 4.69) is 23.5 Å². The van der Waals surface area contributed by atoms with Gasteiger partial charge in [-0.2, -0.15) is 0 Å². The SMILES string of the molecule is CC(C)(C)OC(=O)N1C[C@H]2C[C@H](C1)c1cc(NCc3ccccc3)cc(=O)n1C2. The number of hydrogen-bond donors (Lipinski definition) is 1. The molecule has 2 atom stereocenters. The lowest BCUT2D eigenvalue weighted by molar-refractivity contribution is 0.0102. The molecule has 4 rings (SSSR count). The van der Waals surface area contributed by atoms with E-state index in [0.717, 1.165) is 17.8 Å². The molecule has 0 radical (unpaired) electrons. The molecule has 2 aliphatic heterocycles. The second kappa shape index (κ2) is 7.58. The number of likely N-dealkylation sites (tertiary alicyclic amines) is 1. The van der Waals surface area contributed by atoms with Crippen LogP contribution in [0.1, 0.15) is 44.4 Å². The normalized spacial score (nSPS) is 20.7. The van der Waals surface area contributed by atoms with Gasteiger partial charge < -0.3 is 19.5 Å². The number of piperidine rings is 1. The third-order valence-corrected chi connectivity index (χ3v) is 5.55. The standard InChI is InChI=1S/C23H29N3O3/c1-23(2,3)29-22(28)25-13-17-9-18(15-25)20-10-19(11-21(27)26(20)14-17)24-12-16-7-5-4-6-8-16/h4-8,10-11,17-18,24H,9,12-15H2,1-3H3/t17-,18-/m1/s1. The number of fused-ring (bicyclic) bond motifs is 4. The Morgan fingerprint density at radius 1 is 1.14 bits per heavy atom. The van der Waals surface area contributed by atoms with Crippen LogP contribution in [-0.2, 0) is 17.8 Å². The third-order valence-electron chi connectivity index (χ3n) is 5.55. The molecule has 3 heterocycles. The molecule has 1 amide bonds. The number of hydrogen-bond acceptors (Lipinski definition) is 4. The number of pyridine rings is 1. The highest BCUT2D eigenvalue weighted by Crippen LogP contribution is 2.36. The van der Waals surface area contributed by atoms with E-state index in [4.69, 9.17) is 4.74 Å². The van der Waals surface area contributed by atoms with Crippen LogP contribution in [0.25, 0.3) is 0 Å². The lowest BCUT2D eigenvalue weighted by Gasteiger charge is -2.43. The number of amides is 1. The van der Waals surface area contributed by atoms with Crippen LogP contribution in [0, 0.1) is 5.92 Å². The summed E-state index contributed by atoms with van der Waals surface area (Å²) in [4.78, 5) is 27.1. The van der Waals surface area contributed by atoms with Crippen molar-refractivity contribution < 1.29 is 9.53 Å². The molecule has 1 aromatic heterocycles. The van der Waals surface area contributed by atoms with Gasteiger partial charge in [-0.3, -0.25) is 4.79 Å². The fourth-order valence-electron chi connectivity index (χ4n) is 4.34. The Hall–Kier alpha value is -2.76. The zero-order valence-corrected chi connectivity index (χ0v) is 17.4. The highest BCUT2D eigenvalue weighted by atomic mass is 16.6. The lowest BCUT2D eigenvalue weighted by atomic mass is 9.83. The molecule has 154 valence electrons. The van der Waals surface area contributed by atoms with Crippen molar-refractivity contribution in [3.05, 3.63) is 64.1 Å². The zero-order valence-electron chi connectivity index (χ0n) is 17.4. The van der Waals surface area contributed by atoms with E-state index in [9.17, 15) is 9.59 Å². The number of rotatable bonds is 3. The van der Waals surface area contributed by atoms with Gasteiger partial charge in [-0.15, -0.1) is 0 Å². The average molecular weight is 396 g/mol. The minimum Gasteiger partial charge on any atom is -0.444 e. The first-order chi connectivity index (χ1) is 13.8. The highest BCUT2D eigenvalue weighted by molar-refractivity contribution is 5.68. The molecule has 0 saturated carbocycles. The van der Waals surface area contributed by atoms with Crippen LogP contribution in [0.4, 0.5) is 10.5 Å². The van der Waals surface area contributed by atoms with Gasteiger partial charge in [0.05, 0.1) is 0 Å². The zero-order chi connectivity index (χ0) is 20.6. The predicted octanol–water partition coefficient (Wildman–Crippen LogP) is 3.81. The Bertz CT molecular complexity index is 946. The molecule has 2 bridgehead atoms. The Morgan fingerprint density at radius 2 is 1.90 bits per heavy atom. The van der Waals surface area contributed by atoms with E-state index in [1.54, 1.807) is 6.07 Å². The molecule has 1 N–H and O–H groups in total. The minimum atomic E-state index is -0.507. The summed E-state index contributed by atoms with van der Waals surface area (Å²) in [6, 6.07) is 13.9. The van der Waals surface area contributed by atoms with Crippen molar-refractivity contribution in [1.82, 2.24) is 9.47 Å². The van der Waals surface area contributed by atoms with Crippen LogP contribution in [0.3, 0.4) is 0 Å². The monoisotopic (exact) mass is 395 g/mol. The van der Waals surface area contributed by atoms with Gasteiger partial charge in [0, 0.05) is 49.5 Å². The fraction of sp³-hybridized carbons (Fsp3) is 0.478. The van der Waals surface area contributed by atoms with Crippen molar-refractivity contribution in [1.29, 1.82) is 0 Å². The molecular formula is C23H29N3O3. The first-order valence-electron chi connectivity index (χ1n) is 10.3. The van der Waals surface area contributed by atoms with E-state index >= 15 is 0 Å². The molecular weight excluding hydrogens is 366 g/mol. The molecule has 6 heteroatoms. The second-order valence-corrected chi connectivity index (χ2v) is 9.14. The molecule has 0 spiro atoms. The molecule has 29 heavy (non-hydrogen) atoms. The van der Waals surface area contributed by atoms with Crippen LogP contribution in [0.2, 0.25) is 0 Å². The lowest BCUT2D eigenvalue weighted by Crippen LogP contribution is -2.50. The third kappa shape index (κ3) is 4.47. The number of aromatic nitrogens is 1. The summed E-state index contributed by atoms with van der Waals surface area (Å²) in [5.41, 5.74) is 2.53. The second-order valence-electron chi connectivity index (χ2n) is 9.14. The average Bonchev–Trinajstić information content (AvgIpc) is 2.67. The van der Waals surface area contributed by atoms with E-state index in [0.29, 0.717) is 26.2 Å². The molecule has 0 aliphatic carbocycles. The number of anilines is 1. The first kappa shape index (κ1) is 19.6. The van der Waals surface area contributed by atoms with E-state index in [1.165, 1.54) is 5.56 Å². The summed E-state index contributed by atoms with van der Waals surface area (Å²) < 4.78 is 7.46. The van der Waals surface area contributed by atoms with Gasteiger partial charge >= 0.3 is 6.09 Å². The van der Waals surface area contributed by atoms with Crippen molar-refractivity contribution in [3.8, 4) is 0 Å². The van der Waals surface area contributed by atoms with Gasteiger partial charge in [0.15, 0.2) is 0 Å². The fourth-order valence-corrected chi connectivity index (χ4v) is 4.34. The minimum absolute atomic E-state index is 0.0264. The summed E-state index contributed by atoms with van der Waals surface area (Å²) in [7, 11) is 0. The predicted molar refractivity (Wildman–Crippen MR) is 113 cm³/mol. The summed E-state index contributed by atoms with van der Waals surface area (Å²) in [6.07, 6.45) is 0.738. The van der Waals surface area contributed by atoms with Gasteiger partial charge in [-0.05, 0) is 44.7 Å². The highest BCUT2D eigenvalue weighted by Gasteiger charge is 2.38. The molecule has 1 fully saturated rings. The maximum absolute atomic E-state index is 12.7.